The molecule has 8 heteroatoms. The summed E-state index contributed by atoms with van der Waals surface area (Å²) in [6, 6.07) is 13.4. The summed E-state index contributed by atoms with van der Waals surface area (Å²) in [6.07, 6.45) is 6.79. The van der Waals surface area contributed by atoms with E-state index in [4.69, 9.17) is 0 Å². The van der Waals surface area contributed by atoms with Gasteiger partial charge in [0, 0.05) is 25.9 Å². The predicted octanol–water partition coefficient (Wildman–Crippen LogP) is 3.90. The van der Waals surface area contributed by atoms with Gasteiger partial charge in [-0.25, -0.2) is 16.8 Å². The summed E-state index contributed by atoms with van der Waals surface area (Å²) in [5.74, 6) is 22.9. The highest BCUT2D eigenvalue weighted by Gasteiger charge is 2.24. The first-order valence-corrected chi connectivity index (χ1v) is 15.5. The van der Waals surface area contributed by atoms with E-state index in [-0.39, 0.29) is 36.0 Å². The minimum atomic E-state index is -3.74. The van der Waals surface area contributed by atoms with Gasteiger partial charge in [0.1, 0.15) is 0 Å². The summed E-state index contributed by atoms with van der Waals surface area (Å²) in [5.41, 5.74) is 1.94. The van der Waals surface area contributed by atoms with Crippen LogP contribution in [-0.2, 0) is 20.0 Å². The van der Waals surface area contributed by atoms with Gasteiger partial charge in [-0.2, -0.15) is 8.61 Å². The molecule has 0 amide bonds. The monoisotopic (exact) mass is 570 g/mol. The molecule has 0 bridgehead atoms. The first-order chi connectivity index (χ1) is 19.2. The Morgan fingerprint density at radius 2 is 0.850 bits per heavy atom. The van der Waals surface area contributed by atoms with Crippen molar-refractivity contribution in [3.63, 3.8) is 0 Å². The van der Waals surface area contributed by atoms with Crippen LogP contribution in [0, 0.1) is 61.2 Å². The number of hydrogen-bond donors (Lipinski definition) is 0. The molecule has 0 saturated heterocycles. The molecule has 0 N–H and O–H groups in total. The average Bonchev–Trinajstić information content (AvgIpc) is 2.92. The molecule has 1 heterocycles. The van der Waals surface area contributed by atoms with Gasteiger partial charge < -0.3 is 0 Å². The minimum Gasteiger partial charge on any atom is -0.207 e. The van der Waals surface area contributed by atoms with Gasteiger partial charge in [-0.15, -0.1) is 0 Å². The van der Waals surface area contributed by atoms with E-state index in [2.05, 4.69) is 47.4 Å². The van der Waals surface area contributed by atoms with E-state index in [1.54, 1.807) is 72.8 Å². The molecule has 204 valence electrons. The summed E-state index contributed by atoms with van der Waals surface area (Å²) in [6.45, 7) is 4.15. The standard InChI is InChI=1S/C32H30N2O4S2/c1-29-17-21-31(22-18-29)39(35,36)33-25-13-9-5-3-7-11-15-27-34(28-16-12-8-4-6-10-14-26-33)40(37,38)32-23-19-30(2)20-24-32/h3-5,8,17-24H,14-15,25-28H2,1-2H3/b5-3-,8-4-. The highest BCUT2D eigenvalue weighted by Crippen LogP contribution is 2.17. The van der Waals surface area contributed by atoms with Gasteiger partial charge in [-0.1, -0.05) is 82.8 Å². The normalized spacial score (nSPS) is 17.2. The second-order valence-electron chi connectivity index (χ2n) is 8.75. The number of hydrogen-bond acceptors (Lipinski definition) is 4. The van der Waals surface area contributed by atoms with E-state index in [0.717, 1.165) is 11.1 Å². The molecule has 2 aromatic carbocycles. The predicted molar refractivity (Wildman–Crippen MR) is 158 cm³/mol. The zero-order valence-corrected chi connectivity index (χ0v) is 24.1. The van der Waals surface area contributed by atoms with Crippen molar-refractivity contribution < 1.29 is 16.8 Å². The minimum absolute atomic E-state index is 0.00278. The van der Waals surface area contributed by atoms with Crippen molar-refractivity contribution in [3.05, 3.63) is 84.0 Å². The lowest BCUT2D eigenvalue weighted by atomic mass is 10.2. The van der Waals surface area contributed by atoms with E-state index < -0.39 is 20.0 Å². The Morgan fingerprint density at radius 3 is 1.20 bits per heavy atom. The summed E-state index contributed by atoms with van der Waals surface area (Å²) in [7, 11) is -7.48. The van der Waals surface area contributed by atoms with Gasteiger partial charge >= 0.3 is 0 Å². The maximum absolute atomic E-state index is 13.2. The highest BCUT2D eigenvalue weighted by molar-refractivity contribution is 7.89. The van der Waals surface area contributed by atoms with Crippen LogP contribution in [-0.4, -0.2) is 51.6 Å². The van der Waals surface area contributed by atoms with Crippen molar-refractivity contribution in [1.82, 2.24) is 8.61 Å². The fourth-order valence-electron chi connectivity index (χ4n) is 3.46. The Balaban J connectivity index is 1.80. The molecule has 0 radical (unpaired) electrons. The molecule has 0 fully saturated rings. The van der Waals surface area contributed by atoms with Crippen LogP contribution in [0.3, 0.4) is 0 Å². The lowest BCUT2D eigenvalue weighted by Gasteiger charge is -2.19. The lowest BCUT2D eigenvalue weighted by Crippen LogP contribution is -2.32. The Bertz CT molecular complexity index is 1580. The third-order valence-electron chi connectivity index (χ3n) is 5.71. The first kappa shape index (κ1) is 30.5. The Kier molecular flexibility index (Phi) is 11.4. The van der Waals surface area contributed by atoms with Gasteiger partial charge in [0.2, 0.25) is 20.0 Å². The number of benzene rings is 2. The van der Waals surface area contributed by atoms with Gasteiger partial charge in [0.15, 0.2) is 0 Å². The van der Waals surface area contributed by atoms with E-state index in [0.29, 0.717) is 12.8 Å². The van der Waals surface area contributed by atoms with Crippen LogP contribution in [0.25, 0.3) is 0 Å². The van der Waals surface area contributed by atoms with E-state index >= 15 is 0 Å². The molecule has 0 aromatic heterocycles. The fourth-order valence-corrected chi connectivity index (χ4v) is 6.15. The van der Waals surface area contributed by atoms with Crippen molar-refractivity contribution in [1.29, 1.82) is 0 Å². The average molecular weight is 571 g/mol. The third-order valence-corrected chi connectivity index (χ3v) is 9.43. The zero-order valence-electron chi connectivity index (χ0n) is 22.5. The maximum Gasteiger partial charge on any atom is 0.243 e. The van der Waals surface area contributed by atoms with Crippen LogP contribution in [0.15, 0.2) is 82.6 Å². The molecule has 6 nitrogen and oxygen atoms in total. The summed E-state index contributed by atoms with van der Waals surface area (Å²) < 4.78 is 55.4. The number of sulfonamides is 2. The van der Waals surface area contributed by atoms with Crippen LogP contribution in [0.5, 0.6) is 0 Å². The largest absolute Gasteiger partial charge is 0.243 e. The molecule has 0 atom stereocenters. The van der Waals surface area contributed by atoms with Crippen molar-refractivity contribution >= 4 is 20.0 Å². The summed E-state index contributed by atoms with van der Waals surface area (Å²) in [4.78, 5) is 0.412. The molecular formula is C32H30N2O4S2. The lowest BCUT2D eigenvalue weighted by molar-refractivity contribution is 0.453. The van der Waals surface area contributed by atoms with Crippen LogP contribution in [0.4, 0.5) is 0 Å². The van der Waals surface area contributed by atoms with E-state index in [1.165, 1.54) is 8.61 Å². The fraction of sp³-hybridized carbons (Fsp3) is 0.250. The second kappa shape index (κ2) is 14.9. The van der Waals surface area contributed by atoms with Gasteiger partial charge in [0.25, 0.3) is 0 Å². The molecule has 1 aliphatic rings. The smallest absolute Gasteiger partial charge is 0.207 e. The topological polar surface area (TPSA) is 74.8 Å². The van der Waals surface area contributed by atoms with Crippen LogP contribution in [0.1, 0.15) is 24.0 Å². The molecular weight excluding hydrogens is 540 g/mol. The van der Waals surface area contributed by atoms with Gasteiger partial charge in [-0.3, -0.25) is 0 Å². The third kappa shape index (κ3) is 9.03. The number of allylic oxidation sites excluding steroid dienone is 4. The number of nitrogens with zero attached hydrogens (tertiary/aromatic N) is 2. The molecule has 40 heavy (non-hydrogen) atoms. The van der Waals surface area contributed by atoms with Gasteiger partial charge in [-0.05, 0) is 62.4 Å². The zero-order chi connectivity index (χ0) is 28.8. The quantitative estimate of drug-likeness (QED) is 0.523. The SMILES string of the molecule is Cc1ccc(S(=O)(=O)N2CC#C/C=C\C#CCCN(S(=O)(=O)c3ccc(C)cc3)CC#C/C=C\C#CCC2)cc1. The summed E-state index contributed by atoms with van der Waals surface area (Å²) >= 11 is 0. The maximum atomic E-state index is 13.2. The Morgan fingerprint density at radius 1 is 0.525 bits per heavy atom. The number of aryl methyl sites for hydroxylation is 2. The Hall–Kier alpha value is -4.02. The van der Waals surface area contributed by atoms with Crippen LogP contribution >= 0.6 is 0 Å². The van der Waals surface area contributed by atoms with E-state index in [1.807, 2.05) is 13.8 Å². The van der Waals surface area contributed by atoms with Crippen molar-refractivity contribution in [2.45, 2.75) is 36.5 Å². The van der Waals surface area contributed by atoms with Gasteiger partial charge in [0.05, 0.1) is 22.9 Å². The van der Waals surface area contributed by atoms with Crippen LogP contribution in [0.2, 0.25) is 0 Å². The first-order valence-electron chi connectivity index (χ1n) is 12.6. The van der Waals surface area contributed by atoms with Crippen molar-refractivity contribution in [2.75, 3.05) is 26.2 Å². The molecule has 2 aromatic rings. The molecule has 0 spiro atoms. The molecule has 1 aliphatic heterocycles. The molecule has 0 saturated carbocycles. The molecule has 0 aliphatic carbocycles. The summed E-state index contributed by atoms with van der Waals surface area (Å²) in [5, 5.41) is 0. The van der Waals surface area contributed by atoms with Crippen LogP contribution < -0.4 is 0 Å². The highest BCUT2D eigenvalue weighted by atomic mass is 32.2. The Labute approximate surface area is 238 Å². The van der Waals surface area contributed by atoms with Crippen molar-refractivity contribution in [2.24, 2.45) is 0 Å². The molecule has 0 unspecified atom stereocenters. The second-order valence-corrected chi connectivity index (χ2v) is 12.6. The van der Waals surface area contributed by atoms with Crippen molar-refractivity contribution in [3.8, 4) is 47.4 Å². The number of rotatable bonds is 4. The van der Waals surface area contributed by atoms with E-state index in [9.17, 15) is 16.8 Å². The molecule has 3 rings (SSSR count).